The summed E-state index contributed by atoms with van der Waals surface area (Å²) in [6.07, 6.45) is 1.44. The van der Waals surface area contributed by atoms with E-state index < -0.39 is 10.0 Å². The largest absolute Gasteiger partial charge is 0.459 e. The molecule has 6 nitrogen and oxygen atoms in total. The molecule has 7 heteroatoms. The molecular formula is C14H16N2O4S. The first kappa shape index (κ1) is 15.3. The molecule has 0 saturated heterocycles. The summed E-state index contributed by atoms with van der Waals surface area (Å²) in [6, 6.07) is 7.45. The van der Waals surface area contributed by atoms with Crippen LogP contribution in [0.2, 0.25) is 0 Å². The summed E-state index contributed by atoms with van der Waals surface area (Å²) < 4.78 is 27.8. The van der Waals surface area contributed by atoms with E-state index in [1.54, 1.807) is 32.0 Å². The fourth-order valence-electron chi connectivity index (χ4n) is 1.91. The molecule has 0 unspecified atom stereocenters. The van der Waals surface area contributed by atoms with Crippen LogP contribution in [-0.2, 0) is 10.0 Å². The van der Waals surface area contributed by atoms with Crippen LogP contribution in [0.5, 0.6) is 0 Å². The van der Waals surface area contributed by atoms with Gasteiger partial charge in [0.1, 0.15) is 0 Å². The van der Waals surface area contributed by atoms with E-state index in [1.807, 2.05) is 0 Å². The molecule has 0 aliphatic heterocycles. The fourth-order valence-corrected chi connectivity index (χ4v) is 2.48. The molecule has 21 heavy (non-hydrogen) atoms. The molecule has 3 N–H and O–H groups in total. The highest BCUT2D eigenvalue weighted by Gasteiger charge is 2.17. The van der Waals surface area contributed by atoms with Gasteiger partial charge >= 0.3 is 0 Å². The standard InChI is InChI=1S/C14H16N2O4S/c1-9-6-7-20-13(9)14(17)16-10(2)11-4-3-5-12(8-11)21(15,18)19/h3-8,10H,1-2H3,(H,16,17)(H2,15,18,19)/t10-/m1/s1. The lowest BCUT2D eigenvalue weighted by Crippen LogP contribution is -2.27. The van der Waals surface area contributed by atoms with Crippen molar-refractivity contribution in [3.63, 3.8) is 0 Å². The Kier molecular flexibility index (Phi) is 4.15. The number of hydrogen-bond donors (Lipinski definition) is 2. The summed E-state index contributed by atoms with van der Waals surface area (Å²) in [5.74, 6) is -0.115. The average molecular weight is 308 g/mol. The maximum absolute atomic E-state index is 12.0. The molecule has 0 bridgehead atoms. The van der Waals surface area contributed by atoms with Crippen LogP contribution >= 0.6 is 0 Å². The van der Waals surface area contributed by atoms with Crippen LogP contribution in [0.3, 0.4) is 0 Å². The zero-order valence-corrected chi connectivity index (χ0v) is 12.5. The molecule has 0 radical (unpaired) electrons. The highest BCUT2D eigenvalue weighted by Crippen LogP contribution is 2.18. The Balaban J connectivity index is 2.19. The normalized spacial score (nSPS) is 12.9. The van der Waals surface area contributed by atoms with Crippen LogP contribution < -0.4 is 10.5 Å². The van der Waals surface area contributed by atoms with E-state index in [9.17, 15) is 13.2 Å². The highest BCUT2D eigenvalue weighted by molar-refractivity contribution is 7.89. The van der Waals surface area contributed by atoms with E-state index in [0.29, 0.717) is 5.56 Å². The number of primary sulfonamides is 1. The monoisotopic (exact) mass is 308 g/mol. The molecular weight excluding hydrogens is 292 g/mol. The Bertz CT molecular complexity index is 765. The molecule has 2 aromatic rings. The molecule has 0 aliphatic carbocycles. The number of benzene rings is 1. The summed E-state index contributed by atoms with van der Waals surface area (Å²) >= 11 is 0. The molecule has 1 aromatic heterocycles. The second-order valence-electron chi connectivity index (χ2n) is 4.75. The first-order valence-electron chi connectivity index (χ1n) is 6.27. The summed E-state index contributed by atoms with van der Waals surface area (Å²) in [6.45, 7) is 3.52. The molecule has 0 spiro atoms. The lowest BCUT2D eigenvalue weighted by Gasteiger charge is -2.14. The molecule has 1 atom stereocenters. The van der Waals surface area contributed by atoms with E-state index in [0.717, 1.165) is 5.56 Å². The molecule has 0 fully saturated rings. The number of carbonyl (C=O) groups is 1. The van der Waals surface area contributed by atoms with Gasteiger partial charge in [-0.2, -0.15) is 0 Å². The van der Waals surface area contributed by atoms with Gasteiger partial charge in [-0.05, 0) is 37.6 Å². The highest BCUT2D eigenvalue weighted by atomic mass is 32.2. The number of aryl methyl sites for hydroxylation is 1. The Morgan fingerprint density at radius 1 is 1.33 bits per heavy atom. The predicted molar refractivity (Wildman–Crippen MR) is 77.1 cm³/mol. The summed E-state index contributed by atoms with van der Waals surface area (Å²) in [5, 5.41) is 7.84. The zero-order chi connectivity index (χ0) is 15.6. The molecule has 1 amide bonds. The molecule has 0 saturated carbocycles. The van der Waals surface area contributed by atoms with Gasteiger partial charge in [0.15, 0.2) is 5.76 Å². The number of carbonyl (C=O) groups excluding carboxylic acids is 1. The maximum Gasteiger partial charge on any atom is 0.287 e. The first-order valence-corrected chi connectivity index (χ1v) is 7.81. The third kappa shape index (κ3) is 3.50. The van der Waals surface area contributed by atoms with Crippen molar-refractivity contribution in [1.82, 2.24) is 5.32 Å². The molecule has 0 aliphatic rings. The maximum atomic E-state index is 12.0. The van der Waals surface area contributed by atoms with E-state index in [-0.39, 0.29) is 22.6 Å². The van der Waals surface area contributed by atoms with Crippen LogP contribution in [0, 0.1) is 6.92 Å². The van der Waals surface area contributed by atoms with Crippen molar-refractivity contribution in [1.29, 1.82) is 0 Å². The Hall–Kier alpha value is -2.12. The SMILES string of the molecule is Cc1ccoc1C(=O)N[C@H](C)c1cccc(S(N)(=O)=O)c1. The molecule has 2 rings (SSSR count). The van der Waals surface area contributed by atoms with Gasteiger partial charge in [0.25, 0.3) is 5.91 Å². The van der Waals surface area contributed by atoms with E-state index in [2.05, 4.69) is 5.32 Å². The summed E-state index contributed by atoms with van der Waals surface area (Å²) in [7, 11) is -3.77. The van der Waals surface area contributed by atoms with E-state index in [4.69, 9.17) is 9.56 Å². The number of amides is 1. The van der Waals surface area contributed by atoms with E-state index in [1.165, 1.54) is 18.4 Å². The van der Waals surface area contributed by atoms with Crippen molar-refractivity contribution in [2.45, 2.75) is 24.8 Å². The number of rotatable bonds is 4. The first-order chi connectivity index (χ1) is 9.79. The quantitative estimate of drug-likeness (QED) is 0.897. The Morgan fingerprint density at radius 2 is 2.05 bits per heavy atom. The van der Waals surface area contributed by atoms with Crippen LogP contribution in [0.1, 0.15) is 34.6 Å². The molecule has 1 heterocycles. The van der Waals surface area contributed by atoms with Crippen molar-refractivity contribution >= 4 is 15.9 Å². The number of nitrogens with one attached hydrogen (secondary N) is 1. The minimum atomic E-state index is -3.77. The fraction of sp³-hybridized carbons (Fsp3) is 0.214. The smallest absolute Gasteiger partial charge is 0.287 e. The average Bonchev–Trinajstić information content (AvgIpc) is 2.84. The molecule has 1 aromatic carbocycles. The van der Waals surface area contributed by atoms with Crippen molar-refractivity contribution in [3.05, 3.63) is 53.5 Å². The summed E-state index contributed by atoms with van der Waals surface area (Å²) in [4.78, 5) is 12.1. The minimum Gasteiger partial charge on any atom is -0.459 e. The second-order valence-corrected chi connectivity index (χ2v) is 6.31. The number of nitrogens with two attached hydrogens (primary N) is 1. The lowest BCUT2D eigenvalue weighted by molar-refractivity contribution is 0.0911. The third-order valence-electron chi connectivity index (χ3n) is 3.10. The number of hydrogen-bond acceptors (Lipinski definition) is 4. The minimum absolute atomic E-state index is 0.00952. The van der Waals surface area contributed by atoms with Gasteiger partial charge in [0, 0.05) is 5.56 Å². The van der Waals surface area contributed by atoms with Crippen molar-refractivity contribution in [2.75, 3.05) is 0 Å². The second kappa shape index (κ2) is 5.71. The molecule has 112 valence electrons. The van der Waals surface area contributed by atoms with Gasteiger partial charge in [-0.3, -0.25) is 4.79 Å². The van der Waals surface area contributed by atoms with Gasteiger partial charge < -0.3 is 9.73 Å². The number of sulfonamides is 1. The number of furan rings is 1. The topological polar surface area (TPSA) is 102 Å². The third-order valence-corrected chi connectivity index (χ3v) is 4.01. The van der Waals surface area contributed by atoms with Gasteiger partial charge in [0.2, 0.25) is 10.0 Å². The van der Waals surface area contributed by atoms with Gasteiger partial charge in [-0.15, -0.1) is 0 Å². The zero-order valence-electron chi connectivity index (χ0n) is 11.7. The van der Waals surface area contributed by atoms with Crippen molar-refractivity contribution < 1.29 is 17.6 Å². The van der Waals surface area contributed by atoms with Crippen LogP contribution in [0.15, 0.2) is 45.9 Å². The van der Waals surface area contributed by atoms with E-state index >= 15 is 0 Å². The van der Waals surface area contributed by atoms with Crippen molar-refractivity contribution in [2.24, 2.45) is 5.14 Å². The van der Waals surface area contributed by atoms with Crippen LogP contribution in [0.25, 0.3) is 0 Å². The van der Waals surface area contributed by atoms with Crippen molar-refractivity contribution in [3.8, 4) is 0 Å². The lowest BCUT2D eigenvalue weighted by atomic mass is 10.1. The van der Waals surface area contributed by atoms with Crippen LogP contribution in [0.4, 0.5) is 0 Å². The summed E-state index contributed by atoms with van der Waals surface area (Å²) in [5.41, 5.74) is 1.37. The van der Waals surface area contributed by atoms with Crippen LogP contribution in [-0.4, -0.2) is 14.3 Å². The predicted octanol–water partition coefficient (Wildman–Crippen LogP) is 1.73. The van der Waals surface area contributed by atoms with Gasteiger partial charge in [0.05, 0.1) is 17.2 Å². The van der Waals surface area contributed by atoms with Gasteiger partial charge in [-0.25, -0.2) is 13.6 Å². The van der Waals surface area contributed by atoms with Gasteiger partial charge in [-0.1, -0.05) is 12.1 Å². The Morgan fingerprint density at radius 3 is 2.62 bits per heavy atom. The Labute approximate surface area is 123 Å².